The van der Waals surface area contributed by atoms with Gasteiger partial charge in [-0.3, -0.25) is 4.79 Å². The third kappa shape index (κ3) is 5.91. The molecule has 0 aromatic heterocycles. The molecule has 0 heterocycles. The number of rotatable bonds is 6. The summed E-state index contributed by atoms with van der Waals surface area (Å²) in [6.45, 7) is 4.40. The first-order chi connectivity index (χ1) is 11.4. The zero-order chi connectivity index (χ0) is 17.5. The Bertz CT molecular complexity index is 725. The number of ether oxygens (including phenoxy) is 1. The second kappa shape index (κ2) is 8.76. The molecule has 0 aliphatic heterocycles. The average Bonchev–Trinajstić information content (AvgIpc) is 2.53. The summed E-state index contributed by atoms with van der Waals surface area (Å²) < 4.78 is 5.58. The molecule has 0 saturated heterocycles. The molecule has 0 spiro atoms. The van der Waals surface area contributed by atoms with E-state index in [-0.39, 0.29) is 12.0 Å². The van der Waals surface area contributed by atoms with Crippen molar-refractivity contribution in [1.29, 1.82) is 0 Å². The topological polar surface area (TPSA) is 38.3 Å². The van der Waals surface area contributed by atoms with Crippen LogP contribution in [0.2, 0.25) is 10.0 Å². The van der Waals surface area contributed by atoms with Crippen LogP contribution in [-0.4, -0.2) is 12.0 Å². The minimum absolute atomic E-state index is 0.139. The second-order valence-corrected chi connectivity index (χ2v) is 6.37. The van der Waals surface area contributed by atoms with Gasteiger partial charge in [0.1, 0.15) is 5.75 Å². The molecule has 0 bridgehead atoms. The zero-order valence-corrected chi connectivity index (χ0v) is 15.1. The fourth-order valence-electron chi connectivity index (χ4n) is 2.01. The van der Waals surface area contributed by atoms with Gasteiger partial charge in [-0.05, 0) is 55.3 Å². The summed E-state index contributed by atoms with van der Waals surface area (Å²) >= 11 is 11.9. The summed E-state index contributed by atoms with van der Waals surface area (Å²) in [5.74, 6) is 0.626. The number of benzene rings is 2. The lowest BCUT2D eigenvalue weighted by Gasteiger charge is -2.10. The van der Waals surface area contributed by atoms with Crippen molar-refractivity contribution < 1.29 is 9.53 Å². The number of carbonyl (C=O) groups is 1. The van der Waals surface area contributed by atoms with Gasteiger partial charge in [-0.15, -0.1) is 0 Å². The highest BCUT2D eigenvalue weighted by molar-refractivity contribution is 6.35. The molecule has 126 valence electrons. The van der Waals surface area contributed by atoms with Gasteiger partial charge >= 0.3 is 0 Å². The van der Waals surface area contributed by atoms with E-state index in [2.05, 4.69) is 5.32 Å². The van der Waals surface area contributed by atoms with Gasteiger partial charge in [0.2, 0.25) is 5.91 Å². The Morgan fingerprint density at radius 1 is 1.17 bits per heavy atom. The molecule has 2 rings (SSSR count). The molecule has 3 nitrogen and oxygen atoms in total. The number of hydrogen-bond acceptors (Lipinski definition) is 2. The van der Waals surface area contributed by atoms with E-state index in [1.807, 2.05) is 38.1 Å². The maximum Gasteiger partial charge on any atom is 0.244 e. The molecule has 2 aromatic rings. The second-order valence-electron chi connectivity index (χ2n) is 5.53. The fraction of sp³-hybridized carbons (Fsp3) is 0.211. The van der Waals surface area contributed by atoms with Crippen molar-refractivity contribution in [2.45, 2.75) is 26.5 Å². The molecule has 1 N–H and O–H groups in total. The van der Waals surface area contributed by atoms with E-state index in [0.29, 0.717) is 16.6 Å². The van der Waals surface area contributed by atoms with Crippen LogP contribution in [-0.2, 0) is 11.3 Å². The Balaban J connectivity index is 1.87. The van der Waals surface area contributed by atoms with Crippen molar-refractivity contribution in [1.82, 2.24) is 5.32 Å². The van der Waals surface area contributed by atoms with Gasteiger partial charge in [0.15, 0.2) is 0 Å². The number of carbonyl (C=O) groups excluding carboxylic acids is 1. The Kier molecular flexibility index (Phi) is 6.71. The molecule has 24 heavy (non-hydrogen) atoms. The molecule has 2 aromatic carbocycles. The maximum absolute atomic E-state index is 11.9. The highest BCUT2D eigenvalue weighted by atomic mass is 35.5. The van der Waals surface area contributed by atoms with Gasteiger partial charge in [-0.25, -0.2) is 0 Å². The van der Waals surface area contributed by atoms with Gasteiger partial charge in [-0.2, -0.15) is 0 Å². The van der Waals surface area contributed by atoms with Gasteiger partial charge in [0, 0.05) is 22.7 Å². The van der Waals surface area contributed by atoms with Crippen LogP contribution in [0.15, 0.2) is 48.5 Å². The summed E-state index contributed by atoms with van der Waals surface area (Å²) in [4.78, 5) is 11.9. The molecule has 0 unspecified atom stereocenters. The number of hydrogen-bond donors (Lipinski definition) is 1. The third-order valence-corrected chi connectivity index (χ3v) is 3.70. The van der Waals surface area contributed by atoms with Crippen molar-refractivity contribution >= 4 is 35.2 Å². The van der Waals surface area contributed by atoms with E-state index in [4.69, 9.17) is 27.9 Å². The van der Waals surface area contributed by atoms with Crippen molar-refractivity contribution in [3.05, 3.63) is 69.7 Å². The van der Waals surface area contributed by atoms with Crippen LogP contribution in [0.25, 0.3) is 6.08 Å². The Morgan fingerprint density at radius 2 is 1.88 bits per heavy atom. The number of halogens is 2. The first-order valence-electron chi connectivity index (χ1n) is 7.60. The van der Waals surface area contributed by atoms with Crippen LogP contribution < -0.4 is 10.1 Å². The van der Waals surface area contributed by atoms with Crippen molar-refractivity contribution in [3.8, 4) is 5.75 Å². The zero-order valence-electron chi connectivity index (χ0n) is 13.6. The predicted octanol–water partition coefficient (Wildman–Crippen LogP) is 5.11. The van der Waals surface area contributed by atoms with Crippen molar-refractivity contribution in [2.24, 2.45) is 0 Å². The van der Waals surface area contributed by atoms with Crippen molar-refractivity contribution in [3.63, 3.8) is 0 Å². The normalized spacial score (nSPS) is 11.0. The van der Waals surface area contributed by atoms with E-state index in [0.717, 1.165) is 16.9 Å². The van der Waals surface area contributed by atoms with Crippen LogP contribution in [0.4, 0.5) is 0 Å². The number of amides is 1. The molecular formula is C19H19Cl2NO2. The van der Waals surface area contributed by atoms with Crippen LogP contribution >= 0.6 is 23.2 Å². The lowest BCUT2D eigenvalue weighted by atomic mass is 10.2. The SMILES string of the molecule is CC(C)Oc1ccc(CNC(=O)/C=C/c2ccc(Cl)cc2Cl)cc1. The Labute approximate surface area is 152 Å². The third-order valence-electron chi connectivity index (χ3n) is 3.14. The van der Waals surface area contributed by atoms with E-state index < -0.39 is 0 Å². The van der Waals surface area contributed by atoms with E-state index >= 15 is 0 Å². The summed E-state index contributed by atoms with van der Waals surface area (Å²) in [5.41, 5.74) is 1.74. The Morgan fingerprint density at radius 3 is 2.50 bits per heavy atom. The summed E-state index contributed by atoms with van der Waals surface area (Å²) in [5, 5.41) is 3.89. The fourth-order valence-corrected chi connectivity index (χ4v) is 2.48. The highest BCUT2D eigenvalue weighted by Gasteiger charge is 2.01. The summed E-state index contributed by atoms with van der Waals surface area (Å²) in [6.07, 6.45) is 3.25. The summed E-state index contributed by atoms with van der Waals surface area (Å²) in [7, 11) is 0. The quantitative estimate of drug-likeness (QED) is 0.724. The molecule has 0 fully saturated rings. The maximum atomic E-state index is 11.9. The largest absolute Gasteiger partial charge is 0.491 e. The van der Waals surface area contributed by atoms with Crippen LogP contribution in [0.3, 0.4) is 0 Å². The van der Waals surface area contributed by atoms with Crippen LogP contribution in [0, 0.1) is 0 Å². The molecule has 0 aliphatic carbocycles. The lowest BCUT2D eigenvalue weighted by molar-refractivity contribution is -0.116. The smallest absolute Gasteiger partial charge is 0.244 e. The van der Waals surface area contributed by atoms with Gasteiger partial charge < -0.3 is 10.1 Å². The highest BCUT2D eigenvalue weighted by Crippen LogP contribution is 2.21. The first kappa shape index (κ1) is 18.4. The number of nitrogens with one attached hydrogen (secondary N) is 1. The minimum atomic E-state index is -0.191. The standard InChI is InChI=1S/C19H19Cl2NO2/c1-13(2)24-17-8-3-14(4-9-17)12-22-19(23)10-6-15-5-7-16(20)11-18(15)21/h3-11,13H,12H2,1-2H3,(H,22,23)/b10-6+. The monoisotopic (exact) mass is 363 g/mol. The molecular weight excluding hydrogens is 345 g/mol. The molecule has 0 aliphatic rings. The van der Waals surface area contributed by atoms with E-state index in [1.54, 1.807) is 24.3 Å². The van der Waals surface area contributed by atoms with Crippen LogP contribution in [0.1, 0.15) is 25.0 Å². The van der Waals surface area contributed by atoms with Gasteiger partial charge in [0.05, 0.1) is 6.10 Å². The predicted molar refractivity (Wildman–Crippen MR) is 99.5 cm³/mol. The summed E-state index contributed by atoms with van der Waals surface area (Å²) in [6, 6.07) is 12.8. The van der Waals surface area contributed by atoms with E-state index in [1.165, 1.54) is 6.08 Å². The minimum Gasteiger partial charge on any atom is -0.491 e. The molecule has 5 heteroatoms. The van der Waals surface area contributed by atoms with Gasteiger partial charge in [-0.1, -0.05) is 41.4 Å². The van der Waals surface area contributed by atoms with Gasteiger partial charge in [0.25, 0.3) is 0 Å². The van der Waals surface area contributed by atoms with E-state index in [9.17, 15) is 4.79 Å². The first-order valence-corrected chi connectivity index (χ1v) is 8.36. The molecule has 0 radical (unpaired) electrons. The molecule has 1 amide bonds. The average molecular weight is 364 g/mol. The lowest BCUT2D eigenvalue weighted by Crippen LogP contribution is -2.20. The molecule has 0 atom stereocenters. The molecule has 0 saturated carbocycles. The van der Waals surface area contributed by atoms with Crippen LogP contribution in [0.5, 0.6) is 5.75 Å². The van der Waals surface area contributed by atoms with Crippen molar-refractivity contribution in [2.75, 3.05) is 0 Å². The Hall–Kier alpha value is -1.97.